The van der Waals surface area contributed by atoms with Gasteiger partial charge in [-0.3, -0.25) is 4.79 Å². The predicted molar refractivity (Wildman–Crippen MR) is 151 cm³/mol. The van der Waals surface area contributed by atoms with Crippen molar-refractivity contribution in [2.45, 2.75) is 12.5 Å². The van der Waals surface area contributed by atoms with Gasteiger partial charge in [0.2, 0.25) is 5.91 Å². The van der Waals surface area contributed by atoms with Crippen LogP contribution in [-0.2, 0) is 11.2 Å². The van der Waals surface area contributed by atoms with Crippen LogP contribution in [0.5, 0.6) is 11.5 Å². The first kappa shape index (κ1) is 25.5. The standard InChI is InChI=1S/C30H25Cl3N2O2/c31-23-12-10-21(11-13-23)28-20-34(16-17-35(28)27-15-14-24(32)19-26(27)33)30(36)18-22-6-4-5-9-29(22)37-25-7-2-1-3-8-25/h1-15,19,28H,16-18,20H2. The molecule has 0 saturated carbocycles. The molecule has 1 fully saturated rings. The molecule has 4 aromatic carbocycles. The van der Waals surface area contributed by atoms with E-state index in [4.69, 9.17) is 39.5 Å². The maximum absolute atomic E-state index is 13.5. The van der Waals surface area contributed by atoms with Crippen LogP contribution in [-0.4, -0.2) is 30.4 Å². The summed E-state index contributed by atoms with van der Waals surface area (Å²) in [4.78, 5) is 17.7. The average Bonchev–Trinajstić information content (AvgIpc) is 2.91. The summed E-state index contributed by atoms with van der Waals surface area (Å²) in [5.74, 6) is 1.46. The van der Waals surface area contributed by atoms with Gasteiger partial charge in [0.15, 0.2) is 0 Å². The molecule has 4 aromatic rings. The van der Waals surface area contributed by atoms with Gasteiger partial charge in [0, 0.05) is 35.2 Å². The Hall–Kier alpha value is -3.18. The summed E-state index contributed by atoms with van der Waals surface area (Å²) in [5.41, 5.74) is 2.79. The molecular weight excluding hydrogens is 527 g/mol. The number of piperazine rings is 1. The molecule has 188 valence electrons. The molecule has 1 aliphatic heterocycles. The number of halogens is 3. The smallest absolute Gasteiger partial charge is 0.227 e. The Balaban J connectivity index is 1.38. The topological polar surface area (TPSA) is 32.8 Å². The van der Waals surface area contributed by atoms with Gasteiger partial charge in [-0.1, -0.05) is 83.3 Å². The molecule has 1 amide bonds. The SMILES string of the molecule is O=C(Cc1ccccc1Oc1ccccc1)N1CCN(c2ccc(Cl)cc2Cl)C(c2ccc(Cl)cc2)C1. The Morgan fingerprint density at radius 3 is 2.27 bits per heavy atom. The van der Waals surface area contributed by atoms with Crippen LogP contribution in [0.1, 0.15) is 17.2 Å². The lowest BCUT2D eigenvalue weighted by Crippen LogP contribution is -2.51. The van der Waals surface area contributed by atoms with Crippen LogP contribution >= 0.6 is 34.8 Å². The van der Waals surface area contributed by atoms with Crippen molar-refractivity contribution >= 4 is 46.4 Å². The predicted octanol–water partition coefficient (Wildman–Crippen LogP) is 8.07. The van der Waals surface area contributed by atoms with Gasteiger partial charge in [-0.25, -0.2) is 0 Å². The zero-order chi connectivity index (χ0) is 25.8. The maximum Gasteiger partial charge on any atom is 0.227 e. The van der Waals surface area contributed by atoms with Gasteiger partial charge in [0.25, 0.3) is 0 Å². The van der Waals surface area contributed by atoms with Crippen LogP contribution in [0.15, 0.2) is 97.1 Å². The maximum atomic E-state index is 13.5. The number of amides is 1. The molecule has 1 aliphatic rings. The number of hydrogen-bond donors (Lipinski definition) is 0. The number of carbonyl (C=O) groups is 1. The Bertz CT molecular complexity index is 1380. The number of para-hydroxylation sites is 2. The number of carbonyl (C=O) groups excluding carboxylic acids is 1. The second-order valence-corrected chi connectivity index (χ2v) is 10.2. The molecule has 7 heteroatoms. The van der Waals surface area contributed by atoms with Gasteiger partial charge in [-0.2, -0.15) is 0 Å². The van der Waals surface area contributed by atoms with Crippen LogP contribution in [0, 0.1) is 0 Å². The van der Waals surface area contributed by atoms with E-state index in [1.54, 1.807) is 6.07 Å². The van der Waals surface area contributed by atoms with Gasteiger partial charge in [0.05, 0.1) is 23.2 Å². The molecule has 0 aliphatic carbocycles. The van der Waals surface area contributed by atoms with Crippen LogP contribution in [0.2, 0.25) is 15.1 Å². The zero-order valence-corrected chi connectivity index (χ0v) is 22.3. The molecule has 1 unspecified atom stereocenters. The second-order valence-electron chi connectivity index (χ2n) is 8.90. The van der Waals surface area contributed by atoms with E-state index < -0.39 is 0 Å². The number of hydrogen-bond acceptors (Lipinski definition) is 3. The number of benzene rings is 4. The molecule has 0 aromatic heterocycles. The van der Waals surface area contributed by atoms with Crippen molar-refractivity contribution in [1.82, 2.24) is 4.90 Å². The first-order valence-corrected chi connectivity index (χ1v) is 13.2. The Morgan fingerprint density at radius 1 is 0.811 bits per heavy atom. The zero-order valence-electron chi connectivity index (χ0n) is 20.0. The van der Waals surface area contributed by atoms with Crippen molar-refractivity contribution in [2.75, 3.05) is 24.5 Å². The number of rotatable bonds is 6. The fourth-order valence-corrected chi connectivity index (χ4v) is 5.26. The van der Waals surface area contributed by atoms with Crippen LogP contribution in [0.3, 0.4) is 0 Å². The highest BCUT2D eigenvalue weighted by Gasteiger charge is 2.32. The second kappa shape index (κ2) is 11.5. The van der Waals surface area contributed by atoms with E-state index in [9.17, 15) is 4.79 Å². The first-order valence-electron chi connectivity index (χ1n) is 12.0. The van der Waals surface area contributed by atoms with E-state index >= 15 is 0 Å². The lowest BCUT2D eigenvalue weighted by atomic mass is 10.0. The van der Waals surface area contributed by atoms with Crippen LogP contribution < -0.4 is 9.64 Å². The molecule has 4 nitrogen and oxygen atoms in total. The number of nitrogens with zero attached hydrogens (tertiary/aromatic N) is 2. The summed E-state index contributed by atoms with van der Waals surface area (Å²) in [6.07, 6.45) is 0.248. The van der Waals surface area contributed by atoms with E-state index in [1.165, 1.54) is 0 Å². The average molecular weight is 552 g/mol. The quantitative estimate of drug-likeness (QED) is 0.243. The minimum absolute atomic E-state index is 0.0462. The van der Waals surface area contributed by atoms with Crippen molar-refractivity contribution in [3.8, 4) is 11.5 Å². The highest BCUT2D eigenvalue weighted by Crippen LogP contribution is 2.37. The van der Waals surface area contributed by atoms with Gasteiger partial charge in [-0.05, 0) is 54.1 Å². The van der Waals surface area contributed by atoms with Crippen LogP contribution in [0.25, 0.3) is 0 Å². The minimum atomic E-state index is -0.0931. The third-order valence-corrected chi connectivity index (χ3v) is 7.28. The first-order chi connectivity index (χ1) is 18.0. The third-order valence-electron chi connectivity index (χ3n) is 6.49. The molecule has 37 heavy (non-hydrogen) atoms. The molecule has 0 radical (unpaired) electrons. The molecular formula is C30H25Cl3N2O2. The molecule has 1 saturated heterocycles. The lowest BCUT2D eigenvalue weighted by molar-refractivity contribution is -0.131. The van der Waals surface area contributed by atoms with E-state index in [2.05, 4.69) is 4.90 Å². The van der Waals surface area contributed by atoms with Gasteiger partial charge in [0.1, 0.15) is 11.5 Å². The summed E-state index contributed by atoms with van der Waals surface area (Å²) in [6.45, 7) is 1.72. The fraction of sp³-hybridized carbons (Fsp3) is 0.167. The Kier molecular flexibility index (Phi) is 7.90. The highest BCUT2D eigenvalue weighted by molar-refractivity contribution is 6.36. The van der Waals surface area contributed by atoms with Crippen molar-refractivity contribution in [3.05, 3.63) is 123 Å². The van der Waals surface area contributed by atoms with E-state index in [1.807, 2.05) is 95.9 Å². The number of ether oxygens (including phenoxy) is 1. The van der Waals surface area contributed by atoms with Crippen molar-refractivity contribution in [3.63, 3.8) is 0 Å². The Labute approximate surface area is 231 Å². The summed E-state index contributed by atoms with van der Waals surface area (Å²) in [7, 11) is 0. The summed E-state index contributed by atoms with van der Waals surface area (Å²) in [5, 5.41) is 1.83. The van der Waals surface area contributed by atoms with E-state index in [-0.39, 0.29) is 18.4 Å². The van der Waals surface area contributed by atoms with Gasteiger partial charge < -0.3 is 14.5 Å². The monoisotopic (exact) mass is 550 g/mol. The normalized spacial score (nSPS) is 15.5. The molecule has 1 atom stereocenters. The highest BCUT2D eigenvalue weighted by atomic mass is 35.5. The third kappa shape index (κ3) is 6.04. The number of anilines is 1. The van der Waals surface area contributed by atoms with Gasteiger partial charge >= 0.3 is 0 Å². The van der Waals surface area contributed by atoms with Crippen molar-refractivity contribution in [2.24, 2.45) is 0 Å². The minimum Gasteiger partial charge on any atom is -0.457 e. The van der Waals surface area contributed by atoms with E-state index in [0.29, 0.717) is 40.5 Å². The molecule has 0 bridgehead atoms. The largest absolute Gasteiger partial charge is 0.457 e. The van der Waals surface area contributed by atoms with Crippen LogP contribution in [0.4, 0.5) is 5.69 Å². The molecule has 0 N–H and O–H groups in total. The molecule has 0 spiro atoms. The van der Waals surface area contributed by atoms with Crippen molar-refractivity contribution in [1.29, 1.82) is 0 Å². The Morgan fingerprint density at radius 2 is 1.51 bits per heavy atom. The molecule has 5 rings (SSSR count). The molecule has 1 heterocycles. The van der Waals surface area contributed by atoms with Gasteiger partial charge in [-0.15, -0.1) is 0 Å². The van der Waals surface area contributed by atoms with Crippen molar-refractivity contribution < 1.29 is 9.53 Å². The fourth-order valence-electron chi connectivity index (χ4n) is 4.62. The summed E-state index contributed by atoms with van der Waals surface area (Å²) in [6, 6.07) is 30.4. The summed E-state index contributed by atoms with van der Waals surface area (Å²) >= 11 is 18.9. The van der Waals surface area contributed by atoms with E-state index in [0.717, 1.165) is 22.6 Å². The summed E-state index contributed by atoms with van der Waals surface area (Å²) < 4.78 is 6.08. The lowest BCUT2D eigenvalue weighted by Gasteiger charge is -2.43.